The topological polar surface area (TPSA) is 46.5 Å². The molecule has 0 radical (unpaired) electrons. The lowest BCUT2D eigenvalue weighted by molar-refractivity contribution is 0.0892. The van der Waals surface area contributed by atoms with Gasteiger partial charge in [-0.05, 0) is 48.9 Å². The number of ether oxygens (including phenoxy) is 1. The molecule has 20 heavy (non-hydrogen) atoms. The van der Waals surface area contributed by atoms with Gasteiger partial charge in [-0.3, -0.25) is 4.79 Å². The Kier molecular flexibility index (Phi) is 5.63. The molecule has 6 heteroatoms. The minimum absolute atomic E-state index is 0.0289. The number of nitrogens with one attached hydrogen (secondary N) is 1. The van der Waals surface area contributed by atoms with Crippen molar-refractivity contribution in [2.75, 3.05) is 40.4 Å². The fourth-order valence-electron chi connectivity index (χ4n) is 1.96. The molecule has 1 aliphatic rings. The van der Waals surface area contributed by atoms with Crippen LogP contribution in [-0.2, 0) is 4.74 Å². The van der Waals surface area contributed by atoms with Gasteiger partial charge in [-0.15, -0.1) is 0 Å². The summed E-state index contributed by atoms with van der Waals surface area (Å²) in [5, 5.41) is 2.90. The molecule has 1 aromatic rings. The Bertz CT molecular complexity index is 455. The zero-order valence-electron chi connectivity index (χ0n) is 12.1. The predicted molar refractivity (Wildman–Crippen MR) is 82.1 cm³/mol. The summed E-state index contributed by atoms with van der Waals surface area (Å²) in [4.78, 5) is 14.2. The van der Waals surface area contributed by atoms with E-state index >= 15 is 0 Å². The maximum absolute atomic E-state index is 12.1. The molecule has 1 aliphatic carbocycles. The highest BCUT2D eigenvalue weighted by molar-refractivity contribution is 9.10. The molecule has 0 unspecified atom stereocenters. The minimum atomic E-state index is -0.0289. The normalized spacial score (nSPS) is 14.8. The SMILES string of the molecule is CN(C)CCOCCNC(=O)c1cc(Br)cn1C1CC1. The Morgan fingerprint density at radius 2 is 2.25 bits per heavy atom. The fraction of sp³-hybridized carbons (Fsp3) is 0.643. The number of carbonyl (C=O) groups is 1. The van der Waals surface area contributed by atoms with Crippen LogP contribution in [0.4, 0.5) is 0 Å². The van der Waals surface area contributed by atoms with Crippen molar-refractivity contribution in [3.05, 3.63) is 22.4 Å². The van der Waals surface area contributed by atoms with E-state index in [0.29, 0.717) is 25.8 Å². The van der Waals surface area contributed by atoms with Gasteiger partial charge < -0.3 is 19.5 Å². The van der Waals surface area contributed by atoms with Gasteiger partial charge in [-0.1, -0.05) is 0 Å². The van der Waals surface area contributed by atoms with Crippen molar-refractivity contribution in [3.8, 4) is 0 Å². The van der Waals surface area contributed by atoms with Crippen LogP contribution >= 0.6 is 15.9 Å². The number of hydrogen-bond donors (Lipinski definition) is 1. The molecule has 0 atom stereocenters. The second kappa shape index (κ2) is 7.24. The summed E-state index contributed by atoms with van der Waals surface area (Å²) in [5.74, 6) is -0.0289. The zero-order chi connectivity index (χ0) is 14.5. The number of hydrogen-bond acceptors (Lipinski definition) is 3. The molecule has 1 saturated carbocycles. The van der Waals surface area contributed by atoms with Crippen LogP contribution < -0.4 is 5.32 Å². The molecule has 112 valence electrons. The van der Waals surface area contributed by atoms with E-state index in [1.807, 2.05) is 26.4 Å². The van der Waals surface area contributed by atoms with Crippen LogP contribution in [0.25, 0.3) is 0 Å². The maximum atomic E-state index is 12.1. The lowest BCUT2D eigenvalue weighted by Crippen LogP contribution is -2.29. The monoisotopic (exact) mass is 343 g/mol. The van der Waals surface area contributed by atoms with Gasteiger partial charge in [0.05, 0.1) is 13.2 Å². The van der Waals surface area contributed by atoms with Crippen LogP contribution in [0, 0.1) is 0 Å². The van der Waals surface area contributed by atoms with E-state index in [0.717, 1.165) is 29.6 Å². The van der Waals surface area contributed by atoms with Crippen LogP contribution in [-0.4, -0.2) is 55.8 Å². The molecule has 1 N–H and O–H groups in total. The molecular formula is C14H22BrN3O2. The third-order valence-electron chi connectivity index (χ3n) is 3.20. The highest BCUT2D eigenvalue weighted by atomic mass is 79.9. The van der Waals surface area contributed by atoms with Gasteiger partial charge in [0.15, 0.2) is 0 Å². The highest BCUT2D eigenvalue weighted by Gasteiger charge is 2.27. The van der Waals surface area contributed by atoms with Crippen molar-refractivity contribution in [2.45, 2.75) is 18.9 Å². The molecule has 0 bridgehead atoms. The Balaban J connectivity index is 1.72. The third-order valence-corrected chi connectivity index (χ3v) is 3.64. The van der Waals surface area contributed by atoms with Crippen LogP contribution in [0.3, 0.4) is 0 Å². The van der Waals surface area contributed by atoms with E-state index in [1.54, 1.807) is 0 Å². The second-order valence-electron chi connectivity index (χ2n) is 5.35. The summed E-state index contributed by atoms with van der Waals surface area (Å²) in [6.07, 6.45) is 4.31. The Labute approximate surface area is 128 Å². The number of likely N-dealkylation sites (N-methyl/N-ethyl adjacent to an activating group) is 1. The number of amides is 1. The molecule has 1 amide bonds. The zero-order valence-corrected chi connectivity index (χ0v) is 13.6. The van der Waals surface area contributed by atoms with Gasteiger partial charge in [0, 0.05) is 29.8 Å². The summed E-state index contributed by atoms with van der Waals surface area (Å²) in [6.45, 7) is 2.67. The molecule has 1 fully saturated rings. The minimum Gasteiger partial charge on any atom is -0.378 e. The van der Waals surface area contributed by atoms with E-state index < -0.39 is 0 Å². The predicted octanol–water partition coefficient (Wildman–Crippen LogP) is 1.89. The summed E-state index contributed by atoms with van der Waals surface area (Å²) >= 11 is 3.43. The summed E-state index contributed by atoms with van der Waals surface area (Å²) in [7, 11) is 4.02. The number of aromatic nitrogens is 1. The van der Waals surface area contributed by atoms with Crippen molar-refractivity contribution in [3.63, 3.8) is 0 Å². The van der Waals surface area contributed by atoms with Gasteiger partial charge >= 0.3 is 0 Å². The average Bonchev–Trinajstić information content (AvgIpc) is 3.16. The first-order valence-corrected chi connectivity index (χ1v) is 7.75. The van der Waals surface area contributed by atoms with Crippen molar-refractivity contribution in [1.29, 1.82) is 0 Å². The molecular weight excluding hydrogens is 322 g/mol. The quantitative estimate of drug-likeness (QED) is 0.733. The lowest BCUT2D eigenvalue weighted by Gasteiger charge is -2.11. The van der Waals surface area contributed by atoms with Crippen LogP contribution in [0.5, 0.6) is 0 Å². The maximum Gasteiger partial charge on any atom is 0.268 e. The van der Waals surface area contributed by atoms with E-state index in [-0.39, 0.29) is 5.91 Å². The molecule has 0 aliphatic heterocycles. The molecule has 0 spiro atoms. The molecule has 0 aromatic carbocycles. The first-order chi connectivity index (χ1) is 9.58. The smallest absolute Gasteiger partial charge is 0.268 e. The number of rotatable bonds is 8. The largest absolute Gasteiger partial charge is 0.378 e. The fourth-order valence-corrected chi connectivity index (χ4v) is 2.40. The van der Waals surface area contributed by atoms with Gasteiger partial charge in [0.25, 0.3) is 5.91 Å². The van der Waals surface area contributed by atoms with Crippen LogP contribution in [0.1, 0.15) is 29.4 Å². The van der Waals surface area contributed by atoms with Crippen molar-refractivity contribution in [1.82, 2.24) is 14.8 Å². The Hall–Kier alpha value is -0.850. The number of carbonyl (C=O) groups excluding carboxylic acids is 1. The van der Waals surface area contributed by atoms with Crippen LogP contribution in [0.15, 0.2) is 16.7 Å². The van der Waals surface area contributed by atoms with E-state index in [9.17, 15) is 4.79 Å². The highest BCUT2D eigenvalue weighted by Crippen LogP contribution is 2.37. The Morgan fingerprint density at radius 1 is 1.50 bits per heavy atom. The summed E-state index contributed by atoms with van der Waals surface area (Å²) < 4.78 is 8.47. The van der Waals surface area contributed by atoms with Crippen molar-refractivity contribution >= 4 is 21.8 Å². The van der Waals surface area contributed by atoms with E-state index in [2.05, 4.69) is 30.7 Å². The van der Waals surface area contributed by atoms with Gasteiger partial charge in [0.1, 0.15) is 5.69 Å². The van der Waals surface area contributed by atoms with Crippen molar-refractivity contribution < 1.29 is 9.53 Å². The Morgan fingerprint density at radius 3 is 2.90 bits per heavy atom. The molecule has 2 rings (SSSR count). The van der Waals surface area contributed by atoms with Gasteiger partial charge in [-0.25, -0.2) is 0 Å². The molecule has 5 nitrogen and oxygen atoms in total. The van der Waals surface area contributed by atoms with Crippen molar-refractivity contribution in [2.24, 2.45) is 0 Å². The molecule has 1 aromatic heterocycles. The standard InChI is InChI=1S/C14H22BrN3O2/c1-17(2)6-8-20-7-5-16-14(19)13-9-11(15)10-18(13)12-3-4-12/h9-10,12H,3-8H2,1-2H3,(H,16,19). The van der Waals surface area contributed by atoms with Gasteiger partial charge in [0.2, 0.25) is 0 Å². The first kappa shape index (κ1) is 15.5. The lowest BCUT2D eigenvalue weighted by atomic mass is 10.4. The second-order valence-corrected chi connectivity index (χ2v) is 6.27. The van der Waals surface area contributed by atoms with Gasteiger partial charge in [-0.2, -0.15) is 0 Å². The van der Waals surface area contributed by atoms with E-state index in [1.165, 1.54) is 0 Å². The summed E-state index contributed by atoms with van der Waals surface area (Å²) in [5.41, 5.74) is 0.729. The summed E-state index contributed by atoms with van der Waals surface area (Å²) in [6, 6.07) is 2.37. The number of halogens is 1. The number of nitrogens with zero attached hydrogens (tertiary/aromatic N) is 2. The average molecular weight is 344 g/mol. The first-order valence-electron chi connectivity index (χ1n) is 6.96. The van der Waals surface area contributed by atoms with E-state index in [4.69, 9.17) is 4.74 Å². The molecule has 0 saturated heterocycles. The third kappa shape index (κ3) is 4.61. The molecule has 1 heterocycles. The van der Waals surface area contributed by atoms with Crippen LogP contribution in [0.2, 0.25) is 0 Å².